The molecule has 0 radical (unpaired) electrons. The molecule has 9 heteroatoms. The maximum Gasteiger partial charge on any atom is 0.244 e. The van der Waals surface area contributed by atoms with Gasteiger partial charge in [0.15, 0.2) is 0 Å². The highest BCUT2D eigenvalue weighted by atomic mass is 32.2. The first-order valence-electron chi connectivity index (χ1n) is 13.6. The van der Waals surface area contributed by atoms with Gasteiger partial charge in [0.2, 0.25) is 21.8 Å². The fraction of sp³-hybridized carbons (Fsp3) is 0.355. The van der Waals surface area contributed by atoms with Gasteiger partial charge < -0.3 is 15.0 Å². The molecule has 0 aliphatic carbocycles. The Balaban J connectivity index is 1.83. The molecule has 0 heterocycles. The summed E-state index contributed by atoms with van der Waals surface area (Å²) in [5.74, 6) is 0.519. The van der Waals surface area contributed by atoms with E-state index in [1.165, 1.54) is 4.90 Å². The van der Waals surface area contributed by atoms with Crippen LogP contribution < -0.4 is 14.4 Å². The second-order valence-electron chi connectivity index (χ2n) is 9.57. The zero-order valence-corrected chi connectivity index (χ0v) is 24.3. The van der Waals surface area contributed by atoms with Gasteiger partial charge in [-0.1, -0.05) is 68.8 Å². The lowest BCUT2D eigenvalue weighted by Gasteiger charge is -2.33. The topological polar surface area (TPSA) is 96.0 Å². The van der Waals surface area contributed by atoms with Gasteiger partial charge in [-0.25, -0.2) is 8.42 Å². The van der Waals surface area contributed by atoms with E-state index in [0.717, 1.165) is 29.0 Å². The van der Waals surface area contributed by atoms with Gasteiger partial charge in [-0.3, -0.25) is 13.9 Å². The molecule has 1 atom stereocenters. The smallest absolute Gasteiger partial charge is 0.244 e. The van der Waals surface area contributed by atoms with Crippen LogP contribution in [0.2, 0.25) is 0 Å². The Morgan fingerprint density at radius 2 is 1.48 bits per heavy atom. The van der Waals surface area contributed by atoms with E-state index in [9.17, 15) is 18.0 Å². The summed E-state index contributed by atoms with van der Waals surface area (Å²) in [6.07, 6.45) is 3.79. The van der Waals surface area contributed by atoms with Gasteiger partial charge in [-0.05, 0) is 61.2 Å². The number of rotatable bonds is 15. The van der Waals surface area contributed by atoms with Crippen molar-refractivity contribution >= 4 is 27.5 Å². The number of nitrogens with one attached hydrogen (secondary N) is 1. The summed E-state index contributed by atoms with van der Waals surface area (Å²) in [6, 6.07) is 24.8. The molecular weight excluding hydrogens is 526 g/mol. The van der Waals surface area contributed by atoms with Crippen LogP contribution in [0.15, 0.2) is 84.9 Å². The van der Waals surface area contributed by atoms with Crippen molar-refractivity contribution in [2.75, 3.05) is 30.2 Å². The number of carbonyl (C=O) groups is 2. The van der Waals surface area contributed by atoms with Crippen molar-refractivity contribution in [1.82, 2.24) is 10.2 Å². The average molecular weight is 566 g/mol. The Morgan fingerprint density at radius 3 is 2.05 bits per heavy atom. The number of amides is 2. The minimum absolute atomic E-state index is 0.231. The zero-order valence-electron chi connectivity index (χ0n) is 23.5. The lowest BCUT2D eigenvalue weighted by atomic mass is 10.1. The Bertz CT molecular complexity index is 1320. The predicted octanol–water partition coefficient (Wildman–Crippen LogP) is 5.01. The number of hydrogen-bond acceptors (Lipinski definition) is 5. The lowest BCUT2D eigenvalue weighted by Crippen LogP contribution is -2.53. The summed E-state index contributed by atoms with van der Waals surface area (Å²) >= 11 is 0. The Hall–Kier alpha value is -3.85. The summed E-state index contributed by atoms with van der Waals surface area (Å²) in [4.78, 5) is 28.4. The minimum atomic E-state index is -3.81. The summed E-state index contributed by atoms with van der Waals surface area (Å²) in [5, 5.41) is 2.93. The van der Waals surface area contributed by atoms with Gasteiger partial charge in [0, 0.05) is 13.1 Å². The summed E-state index contributed by atoms with van der Waals surface area (Å²) < 4.78 is 32.6. The maximum atomic E-state index is 13.8. The molecule has 0 saturated carbocycles. The molecule has 8 nitrogen and oxygen atoms in total. The number of para-hydroxylation sites is 1. The molecule has 0 bridgehead atoms. The molecule has 0 spiro atoms. The van der Waals surface area contributed by atoms with Crippen LogP contribution in [0.5, 0.6) is 11.5 Å². The van der Waals surface area contributed by atoms with Gasteiger partial charge in [0.25, 0.3) is 0 Å². The van der Waals surface area contributed by atoms with Crippen LogP contribution in [0.4, 0.5) is 5.69 Å². The molecule has 0 fully saturated rings. The van der Waals surface area contributed by atoms with E-state index in [-0.39, 0.29) is 12.5 Å². The van der Waals surface area contributed by atoms with Crippen molar-refractivity contribution < 1.29 is 22.7 Å². The van der Waals surface area contributed by atoms with Crippen LogP contribution >= 0.6 is 0 Å². The lowest BCUT2D eigenvalue weighted by molar-refractivity contribution is -0.139. The summed E-state index contributed by atoms with van der Waals surface area (Å²) in [5.41, 5.74) is 1.36. The second-order valence-corrected chi connectivity index (χ2v) is 11.5. The van der Waals surface area contributed by atoms with Crippen molar-refractivity contribution in [2.45, 2.75) is 45.6 Å². The van der Waals surface area contributed by atoms with Crippen LogP contribution in [0, 0.1) is 0 Å². The minimum Gasteiger partial charge on any atom is -0.457 e. The largest absolute Gasteiger partial charge is 0.457 e. The zero-order chi connectivity index (χ0) is 29.0. The second kappa shape index (κ2) is 15.1. The fourth-order valence-corrected chi connectivity index (χ4v) is 5.17. The third-order valence-electron chi connectivity index (χ3n) is 6.48. The van der Waals surface area contributed by atoms with Gasteiger partial charge in [0.1, 0.15) is 24.1 Å². The van der Waals surface area contributed by atoms with Gasteiger partial charge in [-0.15, -0.1) is 0 Å². The first-order chi connectivity index (χ1) is 19.2. The highest BCUT2D eigenvalue weighted by Crippen LogP contribution is 2.26. The van der Waals surface area contributed by atoms with Crippen LogP contribution in [0.25, 0.3) is 0 Å². The van der Waals surface area contributed by atoms with E-state index >= 15 is 0 Å². The van der Waals surface area contributed by atoms with E-state index in [2.05, 4.69) is 5.32 Å². The molecule has 0 aliphatic heterocycles. The molecule has 0 saturated heterocycles. The monoisotopic (exact) mass is 565 g/mol. The molecule has 214 valence electrons. The molecule has 0 aliphatic rings. The molecule has 1 unspecified atom stereocenters. The van der Waals surface area contributed by atoms with Gasteiger partial charge >= 0.3 is 0 Å². The number of sulfonamides is 1. The normalized spacial score (nSPS) is 11.9. The molecular formula is C31H39N3O5S. The van der Waals surface area contributed by atoms with Gasteiger partial charge in [0.05, 0.1) is 11.9 Å². The number of nitrogens with zero attached hydrogens (tertiary/aromatic N) is 2. The van der Waals surface area contributed by atoms with E-state index in [1.807, 2.05) is 74.5 Å². The Kier molecular flexibility index (Phi) is 11.6. The Morgan fingerprint density at radius 1 is 0.875 bits per heavy atom. The van der Waals surface area contributed by atoms with E-state index in [4.69, 9.17) is 4.74 Å². The number of anilines is 1. The standard InChI is InChI=1S/C31H39N3O5S/c1-4-6-22-32-31(36)29(5-2)33(23-21-25-13-9-7-10-14-25)30(35)24-34(40(3,37)38)26-17-19-28(20-18-26)39-27-15-11-8-12-16-27/h7-20,29H,4-6,21-24H2,1-3H3,(H,32,36). The SMILES string of the molecule is CCCCNC(=O)C(CC)N(CCc1ccccc1)C(=O)CN(c1ccc(Oc2ccccc2)cc1)S(C)(=O)=O. The maximum absolute atomic E-state index is 13.8. The molecule has 40 heavy (non-hydrogen) atoms. The van der Waals surface area contributed by atoms with Crippen molar-refractivity contribution in [3.63, 3.8) is 0 Å². The molecule has 1 N–H and O–H groups in total. The molecule has 2 amide bonds. The molecule has 0 aromatic heterocycles. The van der Waals surface area contributed by atoms with Crippen LogP contribution in [-0.2, 0) is 26.0 Å². The first-order valence-corrected chi connectivity index (χ1v) is 15.5. The van der Waals surface area contributed by atoms with Crippen molar-refractivity contribution in [2.24, 2.45) is 0 Å². The molecule has 3 rings (SSSR count). The molecule has 3 aromatic carbocycles. The first kappa shape index (κ1) is 30.7. The number of carbonyl (C=O) groups excluding carboxylic acids is 2. The number of unbranched alkanes of at least 4 members (excludes halogenated alkanes) is 1. The number of benzene rings is 3. The summed E-state index contributed by atoms with van der Waals surface area (Å²) in [7, 11) is -3.81. The van der Waals surface area contributed by atoms with Gasteiger partial charge in [-0.2, -0.15) is 0 Å². The third kappa shape index (κ3) is 9.12. The molecule has 3 aromatic rings. The highest BCUT2D eigenvalue weighted by Gasteiger charge is 2.31. The van der Waals surface area contributed by atoms with E-state index < -0.39 is 28.5 Å². The third-order valence-corrected chi connectivity index (χ3v) is 7.62. The van der Waals surface area contributed by atoms with Crippen LogP contribution in [-0.4, -0.2) is 57.1 Å². The Labute approximate surface area is 238 Å². The van der Waals surface area contributed by atoms with E-state index in [0.29, 0.717) is 36.6 Å². The number of ether oxygens (including phenoxy) is 1. The van der Waals surface area contributed by atoms with Crippen LogP contribution in [0.3, 0.4) is 0 Å². The van der Waals surface area contributed by atoms with Crippen molar-refractivity contribution in [3.8, 4) is 11.5 Å². The summed E-state index contributed by atoms with van der Waals surface area (Å²) in [6.45, 7) is 4.28. The predicted molar refractivity (Wildman–Crippen MR) is 159 cm³/mol. The van der Waals surface area contributed by atoms with Crippen LogP contribution in [0.1, 0.15) is 38.7 Å². The highest BCUT2D eigenvalue weighted by molar-refractivity contribution is 7.92. The quantitative estimate of drug-likeness (QED) is 0.261. The van der Waals surface area contributed by atoms with E-state index in [1.54, 1.807) is 24.3 Å². The average Bonchev–Trinajstić information content (AvgIpc) is 2.95. The fourth-order valence-electron chi connectivity index (χ4n) is 4.32. The number of hydrogen-bond donors (Lipinski definition) is 1. The van der Waals surface area contributed by atoms with Crippen molar-refractivity contribution in [3.05, 3.63) is 90.5 Å². The van der Waals surface area contributed by atoms with Crippen molar-refractivity contribution in [1.29, 1.82) is 0 Å².